The smallest absolute Gasteiger partial charge is 0.274 e. The van der Waals surface area contributed by atoms with Crippen LogP contribution in [0.5, 0.6) is 0 Å². The zero-order valence-corrected chi connectivity index (χ0v) is 10.5. The van der Waals surface area contributed by atoms with E-state index in [0.717, 1.165) is 11.4 Å². The second-order valence-electron chi connectivity index (χ2n) is 4.15. The summed E-state index contributed by atoms with van der Waals surface area (Å²) in [6.07, 6.45) is 4.46. The molecule has 7 heteroatoms. The van der Waals surface area contributed by atoms with Gasteiger partial charge in [0.05, 0.1) is 0 Å². The summed E-state index contributed by atoms with van der Waals surface area (Å²) in [5.74, 6) is -0.0588. The first-order valence-electron chi connectivity index (χ1n) is 5.69. The van der Waals surface area contributed by atoms with E-state index < -0.39 is 0 Å². The number of piperazine rings is 1. The van der Waals surface area contributed by atoms with Gasteiger partial charge in [-0.3, -0.25) is 14.0 Å². The van der Waals surface area contributed by atoms with Crippen LogP contribution in [0.2, 0.25) is 0 Å². The number of rotatable bonds is 2. The van der Waals surface area contributed by atoms with Crippen molar-refractivity contribution in [2.75, 3.05) is 26.2 Å². The third-order valence-electron chi connectivity index (χ3n) is 3.06. The zero-order chi connectivity index (χ0) is 12.5. The van der Waals surface area contributed by atoms with Crippen molar-refractivity contribution in [2.45, 2.75) is 0 Å². The summed E-state index contributed by atoms with van der Waals surface area (Å²) in [7, 11) is 0. The van der Waals surface area contributed by atoms with Gasteiger partial charge < -0.3 is 9.80 Å². The van der Waals surface area contributed by atoms with Crippen LogP contribution in [0.15, 0.2) is 17.8 Å². The van der Waals surface area contributed by atoms with Crippen molar-refractivity contribution in [3.05, 3.63) is 23.5 Å². The lowest BCUT2D eigenvalue weighted by Gasteiger charge is -2.32. The fraction of sp³-hybridized carbons (Fsp3) is 0.364. The predicted octanol–water partition coefficient (Wildman–Crippen LogP) is 0.310. The van der Waals surface area contributed by atoms with E-state index in [2.05, 4.69) is 4.98 Å². The van der Waals surface area contributed by atoms with Gasteiger partial charge in [0.15, 0.2) is 4.96 Å². The Labute approximate surface area is 107 Å². The van der Waals surface area contributed by atoms with Crippen molar-refractivity contribution >= 4 is 28.6 Å². The van der Waals surface area contributed by atoms with Gasteiger partial charge in [-0.25, -0.2) is 4.98 Å². The van der Waals surface area contributed by atoms with Gasteiger partial charge in [0.1, 0.15) is 5.69 Å². The number of aromatic nitrogens is 2. The van der Waals surface area contributed by atoms with E-state index in [1.165, 1.54) is 11.3 Å². The summed E-state index contributed by atoms with van der Waals surface area (Å²) in [4.78, 5) is 31.3. The first-order valence-corrected chi connectivity index (χ1v) is 6.57. The average Bonchev–Trinajstić information content (AvgIpc) is 2.99. The lowest BCUT2D eigenvalue weighted by atomic mass is 10.3. The van der Waals surface area contributed by atoms with Crippen LogP contribution in [0.1, 0.15) is 10.5 Å². The summed E-state index contributed by atoms with van der Waals surface area (Å²) < 4.78 is 1.85. The molecule has 2 amide bonds. The molecule has 3 rings (SSSR count). The molecule has 2 aromatic heterocycles. The van der Waals surface area contributed by atoms with Gasteiger partial charge in [0, 0.05) is 44.0 Å². The van der Waals surface area contributed by atoms with Crippen LogP contribution < -0.4 is 0 Å². The number of hydrogen-bond donors (Lipinski definition) is 0. The minimum absolute atomic E-state index is 0.0588. The number of carbonyl (C=O) groups is 2. The maximum atomic E-state index is 12.2. The van der Waals surface area contributed by atoms with E-state index in [0.29, 0.717) is 31.9 Å². The SMILES string of the molecule is O=CN1CCN(C(=O)c2cn3ccsc3n2)CC1. The highest BCUT2D eigenvalue weighted by Gasteiger charge is 2.23. The van der Waals surface area contributed by atoms with Crippen molar-refractivity contribution in [1.82, 2.24) is 19.2 Å². The lowest BCUT2D eigenvalue weighted by molar-refractivity contribution is -0.119. The van der Waals surface area contributed by atoms with Crippen LogP contribution in [0, 0.1) is 0 Å². The van der Waals surface area contributed by atoms with Gasteiger partial charge >= 0.3 is 0 Å². The number of carbonyl (C=O) groups excluding carboxylic acids is 2. The third kappa shape index (κ3) is 1.86. The lowest BCUT2D eigenvalue weighted by Crippen LogP contribution is -2.48. The summed E-state index contributed by atoms with van der Waals surface area (Å²) in [5.41, 5.74) is 0.474. The number of amides is 2. The maximum absolute atomic E-state index is 12.2. The Bertz CT molecular complexity index is 554. The Kier molecular flexibility index (Phi) is 2.75. The predicted molar refractivity (Wildman–Crippen MR) is 66.6 cm³/mol. The molecule has 0 aliphatic carbocycles. The van der Waals surface area contributed by atoms with Crippen molar-refractivity contribution < 1.29 is 9.59 Å². The van der Waals surface area contributed by atoms with Crippen LogP contribution >= 0.6 is 11.3 Å². The van der Waals surface area contributed by atoms with E-state index in [1.54, 1.807) is 16.0 Å². The summed E-state index contributed by atoms with van der Waals surface area (Å²) >= 11 is 1.50. The molecule has 1 saturated heterocycles. The normalized spacial score (nSPS) is 16.2. The largest absolute Gasteiger partial charge is 0.342 e. The first kappa shape index (κ1) is 11.2. The van der Waals surface area contributed by atoms with E-state index in [4.69, 9.17) is 0 Å². The van der Waals surface area contributed by atoms with Crippen LogP contribution in [-0.4, -0.2) is 57.7 Å². The van der Waals surface area contributed by atoms with Gasteiger partial charge in [-0.2, -0.15) is 0 Å². The molecule has 0 aromatic carbocycles. The molecule has 0 bridgehead atoms. The third-order valence-corrected chi connectivity index (χ3v) is 3.83. The number of fused-ring (bicyclic) bond motifs is 1. The molecule has 0 radical (unpaired) electrons. The molecule has 6 nitrogen and oxygen atoms in total. The van der Waals surface area contributed by atoms with Crippen LogP contribution in [0.3, 0.4) is 0 Å². The fourth-order valence-corrected chi connectivity index (χ4v) is 2.72. The Balaban J connectivity index is 1.75. The highest BCUT2D eigenvalue weighted by atomic mass is 32.1. The Hall–Kier alpha value is -1.89. The van der Waals surface area contributed by atoms with Crippen LogP contribution in [0.4, 0.5) is 0 Å². The molecule has 18 heavy (non-hydrogen) atoms. The molecular weight excluding hydrogens is 252 g/mol. The molecule has 94 valence electrons. The molecule has 0 unspecified atom stereocenters. The highest BCUT2D eigenvalue weighted by Crippen LogP contribution is 2.13. The van der Waals surface area contributed by atoms with Gasteiger partial charge in [-0.1, -0.05) is 0 Å². The van der Waals surface area contributed by atoms with Crippen molar-refractivity contribution in [2.24, 2.45) is 0 Å². The Morgan fingerprint density at radius 3 is 2.78 bits per heavy atom. The molecule has 0 atom stereocenters. The van der Waals surface area contributed by atoms with Crippen molar-refractivity contribution in [3.8, 4) is 0 Å². The number of hydrogen-bond acceptors (Lipinski definition) is 4. The molecule has 1 aliphatic heterocycles. The Morgan fingerprint density at radius 2 is 2.11 bits per heavy atom. The topological polar surface area (TPSA) is 57.9 Å². The fourth-order valence-electron chi connectivity index (χ4n) is 2.02. The first-order chi connectivity index (χ1) is 8.78. The minimum Gasteiger partial charge on any atom is -0.342 e. The van der Waals surface area contributed by atoms with E-state index in [9.17, 15) is 9.59 Å². The van der Waals surface area contributed by atoms with Gasteiger partial charge in [0.2, 0.25) is 6.41 Å². The molecule has 3 heterocycles. The average molecular weight is 264 g/mol. The highest BCUT2D eigenvalue weighted by molar-refractivity contribution is 7.15. The number of imidazole rings is 1. The van der Waals surface area contributed by atoms with Gasteiger partial charge in [-0.05, 0) is 0 Å². The van der Waals surface area contributed by atoms with Crippen molar-refractivity contribution in [1.29, 1.82) is 0 Å². The molecule has 1 fully saturated rings. The maximum Gasteiger partial charge on any atom is 0.274 e. The van der Waals surface area contributed by atoms with E-state index in [-0.39, 0.29) is 5.91 Å². The zero-order valence-electron chi connectivity index (χ0n) is 9.65. The second-order valence-corrected chi connectivity index (χ2v) is 5.03. The molecule has 2 aromatic rings. The minimum atomic E-state index is -0.0588. The molecule has 1 aliphatic rings. The summed E-state index contributed by atoms with van der Waals surface area (Å²) in [6, 6.07) is 0. The monoisotopic (exact) mass is 264 g/mol. The molecule has 0 saturated carbocycles. The van der Waals surface area contributed by atoms with Crippen molar-refractivity contribution in [3.63, 3.8) is 0 Å². The van der Waals surface area contributed by atoms with E-state index >= 15 is 0 Å². The number of nitrogens with zero attached hydrogens (tertiary/aromatic N) is 4. The summed E-state index contributed by atoms with van der Waals surface area (Å²) in [6.45, 7) is 2.33. The van der Waals surface area contributed by atoms with Gasteiger partial charge in [0.25, 0.3) is 5.91 Å². The summed E-state index contributed by atoms with van der Waals surface area (Å²) in [5, 5.41) is 1.93. The van der Waals surface area contributed by atoms with Crippen LogP contribution in [0.25, 0.3) is 4.96 Å². The van der Waals surface area contributed by atoms with Gasteiger partial charge in [-0.15, -0.1) is 11.3 Å². The van der Waals surface area contributed by atoms with Crippen LogP contribution in [-0.2, 0) is 4.79 Å². The number of thiazole rings is 1. The second kappa shape index (κ2) is 4.41. The Morgan fingerprint density at radius 1 is 1.33 bits per heavy atom. The standard InChI is InChI=1S/C11H12N4O2S/c16-8-13-1-3-14(4-2-13)10(17)9-7-15-5-6-18-11(15)12-9/h5-8H,1-4H2. The molecule has 0 spiro atoms. The van der Waals surface area contributed by atoms with E-state index in [1.807, 2.05) is 16.0 Å². The molecule has 0 N–H and O–H groups in total. The quantitative estimate of drug-likeness (QED) is 0.734. The molecular formula is C11H12N4O2S.